The molecule has 2 aromatic heterocycles. The van der Waals surface area contributed by atoms with Crippen molar-refractivity contribution in [3.05, 3.63) is 34.8 Å². The Labute approximate surface area is 100 Å². The van der Waals surface area contributed by atoms with Gasteiger partial charge in [0.1, 0.15) is 5.56 Å². The molecule has 0 atom stereocenters. The molecule has 4 nitrogen and oxygen atoms in total. The lowest BCUT2D eigenvalue weighted by Gasteiger charge is -2.04. The number of nitrogens with zero attached hydrogens (tertiary/aromatic N) is 2. The fourth-order valence-corrected chi connectivity index (χ4v) is 2.02. The zero-order chi connectivity index (χ0) is 12.6. The topological polar surface area (TPSA) is 43.6 Å². The second-order valence-electron chi connectivity index (χ2n) is 4.14. The first-order valence-electron chi connectivity index (χ1n) is 5.67. The summed E-state index contributed by atoms with van der Waals surface area (Å²) in [6.07, 6.45) is 1.92. The van der Waals surface area contributed by atoms with Gasteiger partial charge in [-0.15, -0.1) is 0 Å². The Morgan fingerprint density at radius 3 is 2.76 bits per heavy atom. The van der Waals surface area contributed by atoms with Gasteiger partial charge >= 0.3 is 5.97 Å². The van der Waals surface area contributed by atoms with Crippen LogP contribution in [-0.4, -0.2) is 22.0 Å². The molecule has 2 rings (SSSR count). The highest BCUT2D eigenvalue weighted by molar-refractivity contribution is 5.97. The number of aryl methyl sites for hydroxylation is 3. The third-order valence-electron chi connectivity index (χ3n) is 2.73. The number of fused-ring (bicyclic) bond motifs is 1. The van der Waals surface area contributed by atoms with E-state index in [1.54, 1.807) is 6.92 Å². The van der Waals surface area contributed by atoms with Gasteiger partial charge < -0.3 is 9.14 Å². The zero-order valence-corrected chi connectivity index (χ0v) is 10.6. The minimum atomic E-state index is -0.301. The summed E-state index contributed by atoms with van der Waals surface area (Å²) in [6.45, 7) is 7.99. The van der Waals surface area contributed by atoms with E-state index in [4.69, 9.17) is 4.74 Å². The first-order valence-corrected chi connectivity index (χ1v) is 5.67. The van der Waals surface area contributed by atoms with Crippen LogP contribution in [0.1, 0.15) is 34.2 Å². The summed E-state index contributed by atoms with van der Waals surface area (Å²) < 4.78 is 6.99. The predicted molar refractivity (Wildman–Crippen MR) is 65.4 cm³/mol. The molecule has 0 aliphatic carbocycles. The Hall–Kier alpha value is -1.84. The van der Waals surface area contributed by atoms with Gasteiger partial charge in [-0.3, -0.25) is 0 Å². The van der Waals surface area contributed by atoms with Gasteiger partial charge in [0.05, 0.1) is 6.61 Å². The normalized spacial score (nSPS) is 10.8. The Bertz CT molecular complexity index is 585. The van der Waals surface area contributed by atoms with E-state index in [2.05, 4.69) is 4.98 Å². The number of carbonyl (C=O) groups excluding carboxylic acids is 1. The molecule has 2 heterocycles. The molecule has 0 aliphatic rings. The van der Waals surface area contributed by atoms with Crippen molar-refractivity contribution >= 4 is 11.6 Å². The van der Waals surface area contributed by atoms with Gasteiger partial charge in [-0.2, -0.15) is 0 Å². The second kappa shape index (κ2) is 4.20. The zero-order valence-electron chi connectivity index (χ0n) is 10.6. The molecular weight excluding hydrogens is 216 g/mol. The number of aromatic nitrogens is 2. The highest BCUT2D eigenvalue weighted by Crippen LogP contribution is 2.19. The van der Waals surface area contributed by atoms with E-state index in [1.807, 2.05) is 37.4 Å². The van der Waals surface area contributed by atoms with Crippen LogP contribution in [0.15, 0.2) is 12.3 Å². The summed E-state index contributed by atoms with van der Waals surface area (Å²) in [5, 5.41) is 0. The molecule has 0 spiro atoms. The van der Waals surface area contributed by atoms with Gasteiger partial charge in [-0.1, -0.05) is 0 Å². The molecule has 0 radical (unpaired) electrons. The summed E-state index contributed by atoms with van der Waals surface area (Å²) in [6, 6.07) is 1.99. The highest BCUT2D eigenvalue weighted by atomic mass is 16.5. The lowest BCUT2D eigenvalue weighted by atomic mass is 10.2. The van der Waals surface area contributed by atoms with Gasteiger partial charge in [0.2, 0.25) is 0 Å². The van der Waals surface area contributed by atoms with E-state index < -0.39 is 0 Å². The maximum absolute atomic E-state index is 11.9. The molecule has 90 valence electrons. The molecule has 2 aromatic rings. The second-order valence-corrected chi connectivity index (χ2v) is 4.14. The molecule has 0 saturated carbocycles. The van der Waals surface area contributed by atoms with Crippen LogP contribution in [0.25, 0.3) is 5.65 Å². The molecule has 4 heteroatoms. The van der Waals surface area contributed by atoms with Crippen molar-refractivity contribution < 1.29 is 9.53 Å². The molecule has 0 N–H and O–H groups in total. The fraction of sp³-hybridized carbons (Fsp3) is 0.385. The molecule has 0 saturated heterocycles. The predicted octanol–water partition coefficient (Wildman–Crippen LogP) is 2.44. The third-order valence-corrected chi connectivity index (χ3v) is 2.73. The third kappa shape index (κ3) is 1.90. The quantitative estimate of drug-likeness (QED) is 0.747. The van der Waals surface area contributed by atoms with Gasteiger partial charge in [0, 0.05) is 17.6 Å². The summed E-state index contributed by atoms with van der Waals surface area (Å²) in [5.74, 6) is -0.301. The van der Waals surface area contributed by atoms with Crippen LogP contribution in [0.3, 0.4) is 0 Å². The van der Waals surface area contributed by atoms with Crippen LogP contribution in [-0.2, 0) is 4.74 Å². The van der Waals surface area contributed by atoms with Crippen molar-refractivity contribution in [3.8, 4) is 0 Å². The molecule has 0 fully saturated rings. The van der Waals surface area contributed by atoms with Crippen molar-refractivity contribution in [2.45, 2.75) is 27.7 Å². The fourth-order valence-electron chi connectivity index (χ4n) is 2.02. The van der Waals surface area contributed by atoms with Crippen molar-refractivity contribution in [2.24, 2.45) is 0 Å². The number of hydrogen-bond acceptors (Lipinski definition) is 3. The summed E-state index contributed by atoms with van der Waals surface area (Å²) in [7, 11) is 0. The standard InChI is InChI=1S/C13H16N2O2/c1-5-17-13(16)11-8(2)7-15-10(4)6-9(3)14-12(11)15/h6-7H,5H2,1-4H3. The number of hydrogen-bond donors (Lipinski definition) is 0. The minimum absolute atomic E-state index is 0.301. The van der Waals surface area contributed by atoms with Crippen LogP contribution in [0.5, 0.6) is 0 Å². The largest absolute Gasteiger partial charge is 0.462 e. The van der Waals surface area contributed by atoms with Gasteiger partial charge in [-0.05, 0) is 39.3 Å². The molecule has 17 heavy (non-hydrogen) atoms. The van der Waals surface area contributed by atoms with E-state index in [0.717, 1.165) is 17.0 Å². The average molecular weight is 232 g/mol. The Kier molecular flexibility index (Phi) is 2.88. The van der Waals surface area contributed by atoms with Crippen molar-refractivity contribution in [3.63, 3.8) is 0 Å². The van der Waals surface area contributed by atoms with E-state index in [0.29, 0.717) is 17.8 Å². The van der Waals surface area contributed by atoms with Crippen molar-refractivity contribution in [1.82, 2.24) is 9.38 Å². The van der Waals surface area contributed by atoms with E-state index in [-0.39, 0.29) is 5.97 Å². The smallest absolute Gasteiger partial charge is 0.342 e. The molecule has 0 aromatic carbocycles. The van der Waals surface area contributed by atoms with Crippen molar-refractivity contribution in [2.75, 3.05) is 6.61 Å². The first kappa shape index (κ1) is 11.6. The lowest BCUT2D eigenvalue weighted by Crippen LogP contribution is -2.07. The molecule has 0 unspecified atom stereocenters. The Morgan fingerprint density at radius 2 is 2.12 bits per heavy atom. The van der Waals surface area contributed by atoms with Crippen LogP contribution < -0.4 is 0 Å². The average Bonchev–Trinajstić information content (AvgIpc) is 2.55. The van der Waals surface area contributed by atoms with Crippen LogP contribution in [0.4, 0.5) is 0 Å². The molecule has 0 amide bonds. The number of esters is 1. The number of ether oxygens (including phenoxy) is 1. The number of carbonyl (C=O) groups is 1. The molecule has 0 aliphatic heterocycles. The highest BCUT2D eigenvalue weighted by Gasteiger charge is 2.18. The lowest BCUT2D eigenvalue weighted by molar-refractivity contribution is 0.0528. The first-order chi connectivity index (χ1) is 8.04. The Morgan fingerprint density at radius 1 is 1.41 bits per heavy atom. The van der Waals surface area contributed by atoms with E-state index >= 15 is 0 Å². The van der Waals surface area contributed by atoms with Gasteiger partial charge in [-0.25, -0.2) is 9.78 Å². The van der Waals surface area contributed by atoms with Crippen LogP contribution >= 0.6 is 0 Å². The Balaban J connectivity index is 2.70. The van der Waals surface area contributed by atoms with Gasteiger partial charge in [0.15, 0.2) is 5.65 Å². The summed E-state index contributed by atoms with van der Waals surface area (Å²) in [5.41, 5.74) is 4.10. The SMILES string of the molecule is CCOC(=O)c1c(C)cn2c(C)cc(C)nc12. The maximum atomic E-state index is 11.9. The summed E-state index contributed by atoms with van der Waals surface area (Å²) in [4.78, 5) is 16.3. The van der Waals surface area contributed by atoms with Gasteiger partial charge in [0.25, 0.3) is 0 Å². The van der Waals surface area contributed by atoms with E-state index in [1.165, 1.54) is 0 Å². The molecule has 0 bridgehead atoms. The van der Waals surface area contributed by atoms with E-state index in [9.17, 15) is 4.79 Å². The van der Waals surface area contributed by atoms with Crippen molar-refractivity contribution in [1.29, 1.82) is 0 Å². The number of rotatable bonds is 2. The maximum Gasteiger partial charge on any atom is 0.342 e. The molecular formula is C13H16N2O2. The van der Waals surface area contributed by atoms with Crippen LogP contribution in [0.2, 0.25) is 0 Å². The van der Waals surface area contributed by atoms with Crippen LogP contribution in [0, 0.1) is 20.8 Å². The summed E-state index contributed by atoms with van der Waals surface area (Å²) >= 11 is 0. The monoisotopic (exact) mass is 232 g/mol. The minimum Gasteiger partial charge on any atom is -0.462 e.